The van der Waals surface area contributed by atoms with Gasteiger partial charge in [0.25, 0.3) is 5.56 Å². The molecule has 4 nitrogen and oxygen atoms in total. The van der Waals surface area contributed by atoms with Gasteiger partial charge in [0.2, 0.25) is 0 Å². The number of hydrogen-bond acceptors (Lipinski definition) is 3. The Labute approximate surface area is 185 Å². The summed E-state index contributed by atoms with van der Waals surface area (Å²) in [5, 5.41) is 4.14. The first-order valence-electron chi connectivity index (χ1n) is 11.2. The maximum Gasteiger partial charge on any atom is 0.281 e. The lowest BCUT2D eigenvalue weighted by Gasteiger charge is -2.28. The van der Waals surface area contributed by atoms with Crippen LogP contribution in [-0.2, 0) is 5.41 Å². The zero-order chi connectivity index (χ0) is 20.9. The average Bonchev–Trinajstić information content (AvgIpc) is 3.04. The molecular weight excluding hydrogens is 438 g/mol. The van der Waals surface area contributed by atoms with Gasteiger partial charge in [0.1, 0.15) is 5.82 Å². The van der Waals surface area contributed by atoms with Gasteiger partial charge in [-0.15, -0.1) is 0 Å². The Hall–Kier alpha value is -1.98. The van der Waals surface area contributed by atoms with E-state index in [0.29, 0.717) is 11.3 Å². The fraction of sp³-hybridized carbons (Fsp3) is 0.440. The van der Waals surface area contributed by atoms with Gasteiger partial charge in [-0.1, -0.05) is 38.5 Å². The summed E-state index contributed by atoms with van der Waals surface area (Å²) in [6, 6.07) is 13.0. The van der Waals surface area contributed by atoms with Crippen molar-refractivity contribution in [3.63, 3.8) is 0 Å². The standard InChI is InChI=1S/C25H28BrN3O/c1-3-12-25(4-2)18-9-8-17(16-10-13-27-14-11-16)15-21(18)29-20-7-5-6-19(26)22(20)23(30)28-24(25)29/h5-9,15-16,27H,3-4,10-14H2,1-2H3. The van der Waals surface area contributed by atoms with E-state index >= 15 is 0 Å². The molecule has 1 saturated heterocycles. The minimum absolute atomic E-state index is 0.135. The van der Waals surface area contributed by atoms with Crippen molar-refractivity contribution in [2.75, 3.05) is 13.1 Å². The van der Waals surface area contributed by atoms with Crippen LogP contribution in [0.25, 0.3) is 16.6 Å². The van der Waals surface area contributed by atoms with Gasteiger partial charge in [-0.25, -0.2) is 0 Å². The molecule has 2 aromatic carbocycles. The highest BCUT2D eigenvalue weighted by atomic mass is 79.9. The van der Waals surface area contributed by atoms with Crippen molar-refractivity contribution < 1.29 is 0 Å². The second-order valence-electron chi connectivity index (χ2n) is 8.70. The number of hydrogen-bond donors (Lipinski definition) is 1. The van der Waals surface area contributed by atoms with Gasteiger partial charge in [0, 0.05) is 4.47 Å². The molecule has 1 fully saturated rings. The molecule has 0 aliphatic carbocycles. The fourth-order valence-electron chi connectivity index (χ4n) is 5.66. The molecule has 1 unspecified atom stereocenters. The predicted molar refractivity (Wildman–Crippen MR) is 126 cm³/mol. The Bertz CT molecular complexity index is 1180. The third kappa shape index (κ3) is 2.82. The van der Waals surface area contributed by atoms with Crippen LogP contribution in [0.5, 0.6) is 0 Å². The molecule has 3 aromatic rings. The lowest BCUT2D eigenvalue weighted by Crippen LogP contribution is -2.29. The van der Waals surface area contributed by atoms with Gasteiger partial charge in [0.15, 0.2) is 0 Å². The smallest absolute Gasteiger partial charge is 0.281 e. The maximum atomic E-state index is 13.1. The zero-order valence-corrected chi connectivity index (χ0v) is 19.3. The molecule has 2 aliphatic rings. The quantitative estimate of drug-likeness (QED) is 0.558. The molecule has 1 atom stereocenters. The summed E-state index contributed by atoms with van der Waals surface area (Å²) in [6.07, 6.45) is 5.33. The lowest BCUT2D eigenvalue weighted by atomic mass is 9.74. The molecule has 5 heteroatoms. The minimum atomic E-state index is -0.202. The summed E-state index contributed by atoms with van der Waals surface area (Å²) in [7, 11) is 0. The first-order chi connectivity index (χ1) is 14.6. The monoisotopic (exact) mass is 465 g/mol. The molecule has 1 aromatic heterocycles. The Morgan fingerprint density at radius 1 is 1.20 bits per heavy atom. The summed E-state index contributed by atoms with van der Waals surface area (Å²) >= 11 is 3.59. The highest BCUT2D eigenvalue weighted by molar-refractivity contribution is 9.10. The highest BCUT2D eigenvalue weighted by Crippen LogP contribution is 2.49. The van der Waals surface area contributed by atoms with Crippen molar-refractivity contribution in [1.29, 1.82) is 0 Å². The van der Waals surface area contributed by atoms with E-state index < -0.39 is 0 Å². The van der Waals surface area contributed by atoms with Crippen LogP contribution in [0, 0.1) is 0 Å². The van der Waals surface area contributed by atoms with Crippen molar-refractivity contribution >= 4 is 26.8 Å². The molecule has 0 bridgehead atoms. The van der Waals surface area contributed by atoms with Gasteiger partial charge in [0.05, 0.1) is 22.0 Å². The Kier molecular flexibility index (Phi) is 5.06. The summed E-state index contributed by atoms with van der Waals surface area (Å²) in [6.45, 7) is 6.61. The Morgan fingerprint density at radius 2 is 2.00 bits per heavy atom. The number of nitrogens with one attached hydrogen (secondary N) is 1. The molecule has 2 aliphatic heterocycles. The summed E-state index contributed by atoms with van der Waals surface area (Å²) in [5.41, 5.74) is 4.56. The van der Waals surface area contributed by atoms with Crippen LogP contribution in [-0.4, -0.2) is 22.6 Å². The lowest BCUT2D eigenvalue weighted by molar-refractivity contribution is 0.437. The van der Waals surface area contributed by atoms with Gasteiger partial charge >= 0.3 is 0 Å². The van der Waals surface area contributed by atoms with Crippen LogP contribution in [0.2, 0.25) is 0 Å². The molecular formula is C25H28BrN3O. The van der Waals surface area contributed by atoms with Crippen molar-refractivity contribution in [1.82, 2.24) is 14.9 Å². The average molecular weight is 466 g/mol. The predicted octanol–water partition coefficient (Wildman–Crippen LogP) is 5.42. The molecule has 0 saturated carbocycles. The molecule has 1 N–H and O–H groups in total. The van der Waals surface area contributed by atoms with Crippen LogP contribution in [0.15, 0.2) is 45.7 Å². The number of benzene rings is 2. The zero-order valence-electron chi connectivity index (χ0n) is 17.7. The van der Waals surface area contributed by atoms with Crippen LogP contribution in [0.3, 0.4) is 0 Å². The first-order valence-corrected chi connectivity index (χ1v) is 12.0. The van der Waals surface area contributed by atoms with Crippen LogP contribution in [0.4, 0.5) is 0 Å². The number of piperidine rings is 1. The fourth-order valence-corrected chi connectivity index (χ4v) is 6.18. The number of halogens is 1. The summed E-state index contributed by atoms with van der Waals surface area (Å²) in [4.78, 5) is 17.8. The molecule has 0 radical (unpaired) electrons. The van der Waals surface area contributed by atoms with Crippen molar-refractivity contribution in [2.24, 2.45) is 0 Å². The van der Waals surface area contributed by atoms with E-state index in [1.165, 1.54) is 29.7 Å². The topological polar surface area (TPSA) is 46.9 Å². The van der Waals surface area contributed by atoms with Gasteiger partial charge < -0.3 is 5.32 Å². The Balaban J connectivity index is 1.83. The molecule has 0 amide bonds. The van der Waals surface area contributed by atoms with Crippen LogP contribution < -0.4 is 10.9 Å². The van der Waals surface area contributed by atoms with Gasteiger partial charge in [-0.3, -0.25) is 9.36 Å². The third-order valence-electron chi connectivity index (χ3n) is 7.16. The van der Waals surface area contributed by atoms with E-state index in [1.54, 1.807) is 0 Å². The second-order valence-corrected chi connectivity index (χ2v) is 9.55. The van der Waals surface area contributed by atoms with E-state index in [4.69, 9.17) is 4.98 Å². The van der Waals surface area contributed by atoms with Gasteiger partial charge in [-0.2, -0.15) is 4.98 Å². The van der Waals surface area contributed by atoms with E-state index in [-0.39, 0.29) is 11.0 Å². The third-order valence-corrected chi connectivity index (χ3v) is 7.82. The largest absolute Gasteiger partial charge is 0.317 e. The second kappa shape index (κ2) is 7.61. The van der Waals surface area contributed by atoms with Crippen LogP contribution in [0.1, 0.15) is 68.8 Å². The SMILES string of the molecule is CCCC1(CC)c2ccc(C3CCNCC3)cc2-n2c1nc(=O)c1c(Br)cccc12. The maximum absolute atomic E-state index is 13.1. The number of nitrogens with zero attached hydrogens (tertiary/aromatic N) is 2. The summed E-state index contributed by atoms with van der Waals surface area (Å²) in [5.74, 6) is 1.51. The van der Waals surface area contributed by atoms with Crippen LogP contribution >= 0.6 is 15.9 Å². The molecule has 0 spiro atoms. The summed E-state index contributed by atoms with van der Waals surface area (Å²) < 4.78 is 3.09. The van der Waals surface area contributed by atoms with Gasteiger partial charge in [-0.05, 0) is 89.9 Å². The van der Waals surface area contributed by atoms with E-state index in [2.05, 4.69) is 63.9 Å². The number of aromatic nitrogens is 2. The van der Waals surface area contributed by atoms with E-state index in [9.17, 15) is 4.79 Å². The number of fused-ring (bicyclic) bond motifs is 5. The Morgan fingerprint density at radius 3 is 2.73 bits per heavy atom. The molecule has 30 heavy (non-hydrogen) atoms. The first kappa shape index (κ1) is 20.0. The van der Waals surface area contributed by atoms with Crippen molar-refractivity contribution in [3.8, 4) is 5.69 Å². The highest BCUT2D eigenvalue weighted by Gasteiger charge is 2.44. The minimum Gasteiger partial charge on any atom is -0.317 e. The molecule has 156 valence electrons. The normalized spacial score (nSPS) is 21.0. The van der Waals surface area contributed by atoms with Crippen molar-refractivity contribution in [3.05, 3.63) is 68.2 Å². The van der Waals surface area contributed by atoms with Crippen molar-refractivity contribution in [2.45, 2.75) is 57.3 Å². The molecule has 3 heterocycles. The van der Waals surface area contributed by atoms with E-state index in [1.807, 2.05) is 12.1 Å². The molecule has 5 rings (SSSR count). The number of rotatable bonds is 4. The van der Waals surface area contributed by atoms with E-state index in [0.717, 1.165) is 48.2 Å².